The van der Waals surface area contributed by atoms with Crippen molar-refractivity contribution in [3.05, 3.63) is 40.7 Å². The van der Waals surface area contributed by atoms with Crippen molar-refractivity contribution in [3.63, 3.8) is 0 Å². The number of ether oxygens (including phenoxy) is 2. The number of halogens is 1. The van der Waals surface area contributed by atoms with Crippen LogP contribution in [0.4, 0.5) is 5.69 Å². The summed E-state index contributed by atoms with van der Waals surface area (Å²) in [6, 6.07) is 4.57. The van der Waals surface area contributed by atoms with Crippen LogP contribution in [0.2, 0.25) is 5.02 Å². The van der Waals surface area contributed by atoms with Gasteiger partial charge in [0.2, 0.25) is 0 Å². The minimum Gasteiger partial charge on any atom is -0.486 e. The predicted octanol–water partition coefficient (Wildman–Crippen LogP) is 1.80. The summed E-state index contributed by atoms with van der Waals surface area (Å²) >= 11 is 6.11. The highest BCUT2D eigenvalue weighted by atomic mass is 35.5. The van der Waals surface area contributed by atoms with Crippen LogP contribution >= 0.6 is 11.6 Å². The molecule has 1 aliphatic heterocycles. The second-order valence-electron chi connectivity index (χ2n) is 5.03. The molecule has 0 saturated carbocycles. The number of primary amides is 1. The van der Waals surface area contributed by atoms with Crippen LogP contribution in [0.25, 0.3) is 0 Å². The molecule has 7 nitrogen and oxygen atoms in total. The molecule has 120 valence electrons. The van der Waals surface area contributed by atoms with E-state index in [1.165, 1.54) is 16.7 Å². The topological polar surface area (TPSA) is 95.6 Å². The molecule has 0 spiro atoms. The Morgan fingerprint density at radius 3 is 2.70 bits per heavy atom. The fraction of sp³-hybridized carbons (Fsp3) is 0.200. The number of nitrogens with two attached hydrogens (primary N) is 1. The molecule has 2 heterocycles. The summed E-state index contributed by atoms with van der Waals surface area (Å²) in [7, 11) is 1.66. The number of carbonyl (C=O) groups is 2. The molecule has 0 aliphatic carbocycles. The van der Waals surface area contributed by atoms with E-state index in [4.69, 9.17) is 26.8 Å². The van der Waals surface area contributed by atoms with Gasteiger partial charge >= 0.3 is 0 Å². The number of anilines is 1. The summed E-state index contributed by atoms with van der Waals surface area (Å²) < 4.78 is 12.4. The highest BCUT2D eigenvalue weighted by molar-refractivity contribution is 6.32. The second-order valence-corrected chi connectivity index (χ2v) is 5.43. The summed E-state index contributed by atoms with van der Waals surface area (Å²) in [5.74, 6) is -0.0918. The van der Waals surface area contributed by atoms with Gasteiger partial charge in [0.25, 0.3) is 11.8 Å². The number of carbonyl (C=O) groups excluding carboxylic acids is 2. The Morgan fingerprint density at radius 2 is 2.00 bits per heavy atom. The number of aromatic nitrogens is 1. The average Bonchev–Trinajstić information content (AvgIpc) is 2.88. The van der Waals surface area contributed by atoms with E-state index in [0.717, 1.165) is 0 Å². The molecule has 0 radical (unpaired) electrons. The van der Waals surface area contributed by atoms with Crippen LogP contribution in [-0.2, 0) is 7.05 Å². The maximum absolute atomic E-state index is 12.4. The molecule has 23 heavy (non-hydrogen) atoms. The zero-order chi connectivity index (χ0) is 16.6. The average molecular weight is 336 g/mol. The van der Waals surface area contributed by atoms with E-state index in [-0.39, 0.29) is 5.91 Å². The largest absolute Gasteiger partial charge is 0.486 e. The Kier molecular flexibility index (Phi) is 3.87. The summed E-state index contributed by atoms with van der Waals surface area (Å²) in [6.45, 7) is 0.813. The first-order chi connectivity index (χ1) is 11.0. The molecule has 0 bridgehead atoms. The van der Waals surface area contributed by atoms with Gasteiger partial charge < -0.3 is 25.1 Å². The number of nitrogens with zero attached hydrogens (tertiary/aromatic N) is 1. The van der Waals surface area contributed by atoms with Gasteiger partial charge in [-0.05, 0) is 18.2 Å². The van der Waals surface area contributed by atoms with Crippen molar-refractivity contribution in [1.82, 2.24) is 4.57 Å². The molecule has 0 unspecified atom stereocenters. The summed E-state index contributed by atoms with van der Waals surface area (Å²) in [5, 5.41) is 2.99. The lowest BCUT2D eigenvalue weighted by atomic mass is 10.1. The summed E-state index contributed by atoms with van der Waals surface area (Å²) in [4.78, 5) is 23.6. The van der Waals surface area contributed by atoms with Gasteiger partial charge in [0.15, 0.2) is 11.5 Å². The number of amides is 2. The smallest absolute Gasteiger partial charge is 0.265 e. The Labute approximate surface area is 136 Å². The van der Waals surface area contributed by atoms with E-state index in [1.54, 1.807) is 19.3 Å². The minimum atomic E-state index is -0.574. The van der Waals surface area contributed by atoms with Gasteiger partial charge in [-0.3, -0.25) is 9.59 Å². The van der Waals surface area contributed by atoms with Crippen molar-refractivity contribution < 1.29 is 19.1 Å². The molecule has 1 aliphatic rings. The highest BCUT2D eigenvalue weighted by Gasteiger charge is 2.20. The van der Waals surface area contributed by atoms with Crippen LogP contribution in [0, 0.1) is 0 Å². The zero-order valence-corrected chi connectivity index (χ0v) is 13.0. The van der Waals surface area contributed by atoms with Gasteiger partial charge in [-0.15, -0.1) is 0 Å². The predicted molar refractivity (Wildman–Crippen MR) is 84.3 cm³/mol. The molecule has 2 amide bonds. The third-order valence-electron chi connectivity index (χ3n) is 3.37. The van der Waals surface area contributed by atoms with Gasteiger partial charge in [-0.2, -0.15) is 0 Å². The Bertz CT molecular complexity index is 800. The van der Waals surface area contributed by atoms with Crippen LogP contribution < -0.4 is 20.5 Å². The molecule has 3 N–H and O–H groups in total. The fourth-order valence-electron chi connectivity index (χ4n) is 2.32. The first-order valence-corrected chi connectivity index (χ1v) is 7.20. The number of nitrogens with one attached hydrogen (secondary N) is 1. The van der Waals surface area contributed by atoms with Crippen LogP contribution in [0.5, 0.6) is 11.5 Å². The number of hydrogen-bond donors (Lipinski definition) is 2. The molecule has 1 aromatic heterocycles. The van der Waals surface area contributed by atoms with Crippen molar-refractivity contribution in [2.75, 3.05) is 18.5 Å². The van der Waals surface area contributed by atoms with Crippen molar-refractivity contribution in [2.45, 2.75) is 0 Å². The van der Waals surface area contributed by atoms with Crippen LogP contribution in [-0.4, -0.2) is 29.6 Å². The SMILES string of the molecule is Cn1cc(NC(=O)c2cc(Cl)c3c(c2)OCCO3)cc1C(N)=O. The fourth-order valence-corrected chi connectivity index (χ4v) is 2.59. The molecular formula is C15H14ClN3O4. The van der Waals surface area contributed by atoms with Gasteiger partial charge in [-0.1, -0.05) is 11.6 Å². The monoisotopic (exact) mass is 335 g/mol. The van der Waals surface area contributed by atoms with E-state index >= 15 is 0 Å². The van der Waals surface area contributed by atoms with Crippen LogP contribution in [0.15, 0.2) is 24.4 Å². The van der Waals surface area contributed by atoms with E-state index < -0.39 is 5.91 Å². The first-order valence-electron chi connectivity index (χ1n) is 6.82. The third kappa shape index (κ3) is 2.95. The standard InChI is InChI=1S/C15H14ClN3O4/c1-19-7-9(6-11(19)14(17)20)18-15(21)8-4-10(16)13-12(5-8)22-2-3-23-13/h4-7H,2-3H2,1H3,(H2,17,20)(H,18,21). The van der Waals surface area contributed by atoms with Gasteiger partial charge in [0.1, 0.15) is 18.9 Å². The molecule has 1 aromatic carbocycles. The normalized spacial score (nSPS) is 12.8. The summed E-state index contributed by atoms with van der Waals surface area (Å²) in [6.07, 6.45) is 1.59. The lowest BCUT2D eigenvalue weighted by Crippen LogP contribution is -2.17. The lowest BCUT2D eigenvalue weighted by Gasteiger charge is -2.20. The van der Waals surface area contributed by atoms with Crippen molar-refractivity contribution in [2.24, 2.45) is 12.8 Å². The number of benzene rings is 1. The zero-order valence-electron chi connectivity index (χ0n) is 12.3. The van der Waals surface area contributed by atoms with Crippen LogP contribution in [0.3, 0.4) is 0 Å². The summed E-state index contributed by atoms with van der Waals surface area (Å²) in [5.41, 5.74) is 6.32. The molecule has 8 heteroatoms. The molecule has 0 atom stereocenters. The van der Waals surface area contributed by atoms with Gasteiger partial charge in [0.05, 0.1) is 10.7 Å². The van der Waals surface area contributed by atoms with Gasteiger partial charge in [-0.25, -0.2) is 0 Å². The van der Waals surface area contributed by atoms with Crippen molar-refractivity contribution >= 4 is 29.1 Å². The van der Waals surface area contributed by atoms with Gasteiger partial charge in [0, 0.05) is 18.8 Å². The number of aryl methyl sites for hydroxylation is 1. The number of hydrogen-bond acceptors (Lipinski definition) is 4. The van der Waals surface area contributed by atoms with E-state index in [0.29, 0.717) is 46.7 Å². The van der Waals surface area contributed by atoms with E-state index in [2.05, 4.69) is 5.32 Å². The molecule has 3 rings (SSSR count). The van der Waals surface area contributed by atoms with E-state index in [9.17, 15) is 9.59 Å². The number of rotatable bonds is 3. The highest BCUT2D eigenvalue weighted by Crippen LogP contribution is 2.38. The Morgan fingerprint density at radius 1 is 1.26 bits per heavy atom. The Balaban J connectivity index is 1.85. The quantitative estimate of drug-likeness (QED) is 0.894. The van der Waals surface area contributed by atoms with E-state index in [1.807, 2.05) is 0 Å². The Hall–Kier alpha value is -2.67. The molecule has 0 fully saturated rings. The van der Waals surface area contributed by atoms with Crippen molar-refractivity contribution in [1.29, 1.82) is 0 Å². The minimum absolute atomic E-state index is 0.292. The second kappa shape index (κ2) is 5.85. The third-order valence-corrected chi connectivity index (χ3v) is 3.66. The first kappa shape index (κ1) is 15.2. The van der Waals surface area contributed by atoms with Crippen molar-refractivity contribution in [3.8, 4) is 11.5 Å². The molecule has 0 saturated heterocycles. The number of fused-ring (bicyclic) bond motifs is 1. The maximum Gasteiger partial charge on any atom is 0.265 e. The maximum atomic E-state index is 12.4. The molecular weight excluding hydrogens is 322 g/mol. The van der Waals surface area contributed by atoms with Crippen LogP contribution in [0.1, 0.15) is 20.8 Å². The molecule has 2 aromatic rings. The lowest BCUT2D eigenvalue weighted by molar-refractivity contribution is 0.0990.